The Labute approximate surface area is 129 Å². The van der Waals surface area contributed by atoms with E-state index in [-0.39, 0.29) is 18.6 Å². The zero-order valence-electron chi connectivity index (χ0n) is 12.2. The van der Waals surface area contributed by atoms with Gasteiger partial charge < -0.3 is 10.4 Å². The topological polar surface area (TPSA) is 76.4 Å². The molecule has 2 rings (SSSR count). The van der Waals surface area contributed by atoms with Crippen molar-refractivity contribution in [2.24, 2.45) is 5.92 Å². The normalized spacial score (nSPS) is 22.7. The van der Waals surface area contributed by atoms with Crippen molar-refractivity contribution in [3.05, 3.63) is 17.0 Å². The molecule has 6 heteroatoms. The average Bonchev–Trinajstić information content (AvgIpc) is 2.92. The molecule has 0 bridgehead atoms. The van der Waals surface area contributed by atoms with E-state index in [0.29, 0.717) is 29.4 Å². The average molecular weight is 307 g/mol. The Morgan fingerprint density at radius 3 is 3.19 bits per heavy atom. The lowest BCUT2D eigenvalue weighted by atomic mass is 9.91. The van der Waals surface area contributed by atoms with Gasteiger partial charge in [0.2, 0.25) is 5.91 Å². The first-order chi connectivity index (χ1) is 10.2. The molecule has 5 nitrogen and oxygen atoms in total. The van der Waals surface area contributed by atoms with E-state index in [1.165, 1.54) is 11.3 Å². The summed E-state index contributed by atoms with van der Waals surface area (Å²) in [4.78, 5) is 14.2. The highest BCUT2D eigenvalue weighted by Gasteiger charge is 2.27. The minimum Gasteiger partial charge on any atom is -0.395 e. The van der Waals surface area contributed by atoms with Crippen molar-refractivity contribution < 1.29 is 9.90 Å². The van der Waals surface area contributed by atoms with Crippen molar-refractivity contribution in [3.63, 3.8) is 0 Å². The molecule has 0 saturated carbocycles. The number of nitriles is 1. The number of likely N-dealkylation sites (tertiary alicyclic amines) is 1. The molecule has 1 aromatic rings. The van der Waals surface area contributed by atoms with Crippen LogP contribution < -0.4 is 5.32 Å². The Kier molecular flexibility index (Phi) is 5.74. The number of nitrogens with one attached hydrogen (secondary N) is 1. The quantitative estimate of drug-likeness (QED) is 0.873. The number of carbonyl (C=O) groups excluding carboxylic acids is 1. The minimum atomic E-state index is -0.0798. The second-order valence-electron chi connectivity index (χ2n) is 5.48. The van der Waals surface area contributed by atoms with Crippen LogP contribution in [0, 0.1) is 17.2 Å². The van der Waals surface area contributed by atoms with Crippen LogP contribution in [0.15, 0.2) is 11.4 Å². The first-order valence-electron chi connectivity index (χ1n) is 7.28. The molecule has 1 fully saturated rings. The molecule has 2 atom stereocenters. The van der Waals surface area contributed by atoms with E-state index in [2.05, 4.69) is 23.2 Å². The van der Waals surface area contributed by atoms with Crippen LogP contribution in [0.25, 0.3) is 0 Å². The van der Waals surface area contributed by atoms with Crippen LogP contribution in [0.1, 0.15) is 31.7 Å². The summed E-state index contributed by atoms with van der Waals surface area (Å²) in [5.41, 5.74) is 0.508. The summed E-state index contributed by atoms with van der Waals surface area (Å²) < 4.78 is 0. The van der Waals surface area contributed by atoms with Crippen molar-refractivity contribution >= 4 is 22.2 Å². The van der Waals surface area contributed by atoms with Crippen molar-refractivity contribution in [2.45, 2.75) is 32.2 Å². The van der Waals surface area contributed by atoms with Crippen LogP contribution in [-0.4, -0.2) is 41.7 Å². The van der Waals surface area contributed by atoms with Gasteiger partial charge in [-0.25, -0.2) is 0 Å². The number of aliphatic hydroxyl groups excluding tert-OH is 1. The van der Waals surface area contributed by atoms with Gasteiger partial charge in [-0.1, -0.05) is 6.92 Å². The fraction of sp³-hybridized carbons (Fsp3) is 0.600. The third-order valence-corrected chi connectivity index (χ3v) is 4.91. The SMILES string of the molecule is CC1CCCN(CCC(=O)Nc2sccc2C#N)C1CO. The highest BCUT2D eigenvalue weighted by Crippen LogP contribution is 2.24. The van der Waals surface area contributed by atoms with Crippen LogP contribution in [0.4, 0.5) is 5.00 Å². The van der Waals surface area contributed by atoms with Crippen LogP contribution in [-0.2, 0) is 4.79 Å². The molecule has 0 aromatic carbocycles. The van der Waals surface area contributed by atoms with Crippen molar-refractivity contribution in [3.8, 4) is 6.07 Å². The largest absolute Gasteiger partial charge is 0.395 e. The standard InChI is InChI=1S/C15H21N3O2S/c1-11-3-2-6-18(13(11)10-19)7-4-14(20)17-15-12(9-16)5-8-21-15/h5,8,11,13,19H,2-4,6-7,10H2,1H3,(H,17,20). The van der Waals surface area contributed by atoms with E-state index in [4.69, 9.17) is 5.26 Å². The predicted octanol–water partition coefficient (Wildman–Crippen LogP) is 2.04. The van der Waals surface area contributed by atoms with Gasteiger partial charge >= 0.3 is 0 Å². The maximum absolute atomic E-state index is 12.0. The van der Waals surface area contributed by atoms with E-state index < -0.39 is 0 Å². The van der Waals surface area contributed by atoms with Crippen LogP contribution in [0.5, 0.6) is 0 Å². The third-order valence-electron chi connectivity index (χ3n) is 4.08. The molecule has 2 unspecified atom stereocenters. The summed E-state index contributed by atoms with van der Waals surface area (Å²) in [6.07, 6.45) is 2.63. The highest BCUT2D eigenvalue weighted by atomic mass is 32.1. The van der Waals surface area contributed by atoms with Crippen molar-refractivity contribution in [2.75, 3.05) is 25.0 Å². The first-order valence-corrected chi connectivity index (χ1v) is 8.16. The van der Waals surface area contributed by atoms with E-state index in [0.717, 1.165) is 19.4 Å². The van der Waals surface area contributed by atoms with Crippen LogP contribution >= 0.6 is 11.3 Å². The number of amides is 1. The Morgan fingerprint density at radius 2 is 2.48 bits per heavy atom. The lowest BCUT2D eigenvalue weighted by molar-refractivity contribution is -0.116. The fourth-order valence-corrected chi connectivity index (χ4v) is 3.59. The fourth-order valence-electron chi connectivity index (χ4n) is 2.84. The van der Waals surface area contributed by atoms with E-state index >= 15 is 0 Å². The molecule has 114 valence electrons. The molecule has 21 heavy (non-hydrogen) atoms. The monoisotopic (exact) mass is 307 g/mol. The Morgan fingerprint density at radius 1 is 1.67 bits per heavy atom. The van der Waals surface area contributed by atoms with E-state index in [1.54, 1.807) is 11.4 Å². The molecule has 1 aliphatic rings. The van der Waals surface area contributed by atoms with E-state index in [1.807, 2.05) is 0 Å². The van der Waals surface area contributed by atoms with Gasteiger partial charge in [0.1, 0.15) is 11.1 Å². The molecule has 0 spiro atoms. The zero-order chi connectivity index (χ0) is 15.2. The summed E-state index contributed by atoms with van der Waals surface area (Å²) in [6.45, 7) is 3.88. The number of nitrogens with zero attached hydrogens (tertiary/aromatic N) is 2. The van der Waals surface area contributed by atoms with Gasteiger partial charge in [0.25, 0.3) is 0 Å². The van der Waals surface area contributed by atoms with Gasteiger partial charge in [0.05, 0.1) is 12.2 Å². The number of rotatable bonds is 5. The summed E-state index contributed by atoms with van der Waals surface area (Å²) in [5, 5.41) is 23.6. The molecule has 1 amide bonds. The molecule has 1 aliphatic heterocycles. The summed E-state index contributed by atoms with van der Waals surface area (Å²) in [5.74, 6) is 0.387. The number of carbonyl (C=O) groups is 1. The van der Waals surface area contributed by atoms with Crippen LogP contribution in [0.3, 0.4) is 0 Å². The Balaban J connectivity index is 1.85. The van der Waals surface area contributed by atoms with Gasteiger partial charge in [-0.05, 0) is 36.8 Å². The molecule has 1 saturated heterocycles. The van der Waals surface area contributed by atoms with Gasteiger partial charge in [0.15, 0.2) is 0 Å². The molecule has 1 aromatic heterocycles. The minimum absolute atomic E-state index is 0.0798. The number of hydrogen-bond donors (Lipinski definition) is 2. The summed E-state index contributed by atoms with van der Waals surface area (Å²) >= 11 is 1.36. The second kappa shape index (κ2) is 7.55. The van der Waals surface area contributed by atoms with Gasteiger partial charge in [0, 0.05) is 19.0 Å². The molecule has 0 aliphatic carbocycles. The van der Waals surface area contributed by atoms with Gasteiger partial charge in [-0.2, -0.15) is 5.26 Å². The number of thiophene rings is 1. The Bertz CT molecular complexity index is 523. The lowest BCUT2D eigenvalue weighted by Gasteiger charge is -2.38. The summed E-state index contributed by atoms with van der Waals surface area (Å²) in [6, 6.07) is 3.92. The number of hydrogen-bond acceptors (Lipinski definition) is 5. The maximum atomic E-state index is 12.0. The third kappa shape index (κ3) is 4.03. The number of anilines is 1. The van der Waals surface area contributed by atoms with Gasteiger partial charge in [-0.3, -0.25) is 9.69 Å². The number of aliphatic hydroxyl groups is 1. The Hall–Kier alpha value is -1.42. The van der Waals surface area contributed by atoms with Crippen LogP contribution in [0.2, 0.25) is 0 Å². The highest BCUT2D eigenvalue weighted by molar-refractivity contribution is 7.14. The second-order valence-corrected chi connectivity index (χ2v) is 6.39. The zero-order valence-corrected chi connectivity index (χ0v) is 13.0. The molecule has 2 N–H and O–H groups in total. The van der Waals surface area contributed by atoms with Crippen molar-refractivity contribution in [1.29, 1.82) is 5.26 Å². The first kappa shape index (κ1) is 16.0. The molecule has 0 radical (unpaired) electrons. The molecular formula is C15H21N3O2S. The summed E-state index contributed by atoms with van der Waals surface area (Å²) in [7, 11) is 0. The van der Waals surface area contributed by atoms with E-state index in [9.17, 15) is 9.90 Å². The van der Waals surface area contributed by atoms with Crippen molar-refractivity contribution in [1.82, 2.24) is 4.90 Å². The molecular weight excluding hydrogens is 286 g/mol. The molecule has 2 heterocycles. The maximum Gasteiger partial charge on any atom is 0.226 e. The lowest BCUT2D eigenvalue weighted by Crippen LogP contribution is -2.47. The number of piperidine rings is 1. The van der Waals surface area contributed by atoms with Gasteiger partial charge in [-0.15, -0.1) is 11.3 Å². The smallest absolute Gasteiger partial charge is 0.226 e. The predicted molar refractivity (Wildman–Crippen MR) is 83.1 cm³/mol.